The van der Waals surface area contributed by atoms with Gasteiger partial charge in [-0.25, -0.2) is 0 Å². The van der Waals surface area contributed by atoms with Crippen molar-refractivity contribution in [3.05, 3.63) is 18.0 Å². The van der Waals surface area contributed by atoms with Gasteiger partial charge in [0.1, 0.15) is 0 Å². The van der Waals surface area contributed by atoms with Crippen molar-refractivity contribution in [1.29, 1.82) is 0 Å². The molecular weight excluding hydrogens is 178 g/mol. The Bertz CT molecular complexity index is 281. The van der Waals surface area contributed by atoms with E-state index in [4.69, 9.17) is 5.11 Å². The third-order valence-electron chi connectivity index (χ3n) is 2.77. The fourth-order valence-electron chi connectivity index (χ4n) is 1.74. The molecule has 1 saturated carbocycles. The fourth-order valence-corrected chi connectivity index (χ4v) is 1.74. The molecule has 4 nitrogen and oxygen atoms in total. The van der Waals surface area contributed by atoms with E-state index in [0.717, 1.165) is 6.54 Å². The summed E-state index contributed by atoms with van der Waals surface area (Å²) in [6.07, 6.45) is 5.70. The third kappa shape index (κ3) is 1.96. The van der Waals surface area contributed by atoms with Crippen molar-refractivity contribution >= 4 is 0 Å². The Labute approximate surface area is 83.9 Å². The van der Waals surface area contributed by atoms with E-state index < -0.39 is 0 Å². The number of aliphatic hydroxyl groups excluding tert-OH is 1. The molecule has 2 N–H and O–H groups in total. The van der Waals surface area contributed by atoms with Gasteiger partial charge in [0.2, 0.25) is 0 Å². The highest BCUT2D eigenvalue weighted by atomic mass is 16.3. The number of hydrogen-bond acceptors (Lipinski definition) is 3. The summed E-state index contributed by atoms with van der Waals surface area (Å²) in [5.74, 6) is 0. The van der Waals surface area contributed by atoms with E-state index in [1.54, 1.807) is 0 Å². The molecule has 0 aliphatic heterocycles. The smallest absolute Gasteiger partial charge is 0.0556 e. The van der Waals surface area contributed by atoms with Crippen LogP contribution in [-0.2, 0) is 6.54 Å². The molecule has 1 aliphatic carbocycles. The first-order valence-corrected chi connectivity index (χ1v) is 5.26. The van der Waals surface area contributed by atoms with Gasteiger partial charge in [-0.3, -0.25) is 4.68 Å². The fraction of sp³-hybridized carbons (Fsp3) is 0.700. The predicted octanol–water partition coefficient (Wildman–Crippen LogP) is 0.690. The molecule has 0 spiro atoms. The second-order valence-electron chi connectivity index (χ2n) is 3.75. The molecule has 0 amide bonds. The molecule has 1 heterocycles. The lowest BCUT2D eigenvalue weighted by Crippen LogP contribution is -2.24. The zero-order valence-corrected chi connectivity index (χ0v) is 8.32. The lowest BCUT2D eigenvalue weighted by atomic mass is 9.93. The van der Waals surface area contributed by atoms with Crippen LogP contribution in [0.15, 0.2) is 12.3 Å². The van der Waals surface area contributed by atoms with E-state index in [1.165, 1.54) is 25.0 Å². The van der Waals surface area contributed by atoms with Crippen LogP contribution < -0.4 is 5.32 Å². The van der Waals surface area contributed by atoms with Crippen LogP contribution in [-0.4, -0.2) is 28.0 Å². The van der Waals surface area contributed by atoms with Gasteiger partial charge in [-0.05, 0) is 25.3 Å². The minimum Gasteiger partial charge on any atom is -0.395 e. The average molecular weight is 195 g/mol. The first kappa shape index (κ1) is 9.68. The highest BCUT2D eigenvalue weighted by Crippen LogP contribution is 2.31. The van der Waals surface area contributed by atoms with E-state index >= 15 is 0 Å². The van der Waals surface area contributed by atoms with Gasteiger partial charge in [-0.2, -0.15) is 5.10 Å². The Hall–Kier alpha value is -0.870. The van der Waals surface area contributed by atoms with Crippen LogP contribution in [0.5, 0.6) is 0 Å². The molecule has 4 heteroatoms. The largest absolute Gasteiger partial charge is 0.395 e. The van der Waals surface area contributed by atoms with Crippen molar-refractivity contribution in [2.45, 2.75) is 31.8 Å². The second-order valence-corrected chi connectivity index (χ2v) is 3.75. The van der Waals surface area contributed by atoms with Crippen molar-refractivity contribution in [2.75, 3.05) is 13.2 Å². The summed E-state index contributed by atoms with van der Waals surface area (Å²) in [4.78, 5) is 0. The summed E-state index contributed by atoms with van der Waals surface area (Å²) in [7, 11) is 0. The minimum atomic E-state index is 0.192. The summed E-state index contributed by atoms with van der Waals surface area (Å²) in [5, 5.41) is 16.1. The Morgan fingerprint density at radius 3 is 3.07 bits per heavy atom. The van der Waals surface area contributed by atoms with E-state index in [0.29, 0.717) is 12.6 Å². The summed E-state index contributed by atoms with van der Waals surface area (Å²) in [6, 6.07) is 2.67. The van der Waals surface area contributed by atoms with E-state index in [9.17, 15) is 0 Å². The quantitative estimate of drug-likeness (QED) is 0.680. The third-order valence-corrected chi connectivity index (χ3v) is 2.77. The molecule has 0 atom stereocenters. The van der Waals surface area contributed by atoms with Crippen LogP contribution in [0.2, 0.25) is 0 Å². The molecule has 1 aliphatic rings. The predicted molar refractivity (Wildman–Crippen MR) is 53.9 cm³/mol. The average Bonchev–Trinajstić information content (AvgIpc) is 2.51. The maximum Gasteiger partial charge on any atom is 0.0556 e. The Morgan fingerprint density at radius 1 is 1.57 bits per heavy atom. The van der Waals surface area contributed by atoms with Crippen LogP contribution in [0.4, 0.5) is 0 Å². The molecule has 14 heavy (non-hydrogen) atoms. The molecule has 1 fully saturated rings. The SMILES string of the molecule is OCCNCc1ccnn1C1CCC1. The van der Waals surface area contributed by atoms with Crippen molar-refractivity contribution < 1.29 is 5.11 Å². The number of hydrogen-bond donors (Lipinski definition) is 2. The van der Waals surface area contributed by atoms with Gasteiger partial charge in [0.15, 0.2) is 0 Å². The number of rotatable bonds is 5. The topological polar surface area (TPSA) is 50.1 Å². The maximum atomic E-state index is 8.65. The summed E-state index contributed by atoms with van der Waals surface area (Å²) >= 11 is 0. The first-order valence-electron chi connectivity index (χ1n) is 5.26. The molecule has 0 saturated heterocycles. The molecule has 2 rings (SSSR count). The van der Waals surface area contributed by atoms with E-state index in [2.05, 4.69) is 15.1 Å². The number of aliphatic hydroxyl groups is 1. The molecule has 78 valence electrons. The molecular formula is C10H17N3O. The molecule has 0 bridgehead atoms. The molecule has 1 aromatic heterocycles. The van der Waals surface area contributed by atoms with Crippen LogP contribution in [0.25, 0.3) is 0 Å². The maximum absolute atomic E-state index is 8.65. The molecule has 0 unspecified atom stereocenters. The highest BCUT2D eigenvalue weighted by molar-refractivity contribution is 5.02. The van der Waals surface area contributed by atoms with Gasteiger partial charge in [-0.1, -0.05) is 0 Å². The second kappa shape index (κ2) is 4.57. The Kier molecular flexibility index (Phi) is 3.16. The van der Waals surface area contributed by atoms with Crippen molar-refractivity contribution in [1.82, 2.24) is 15.1 Å². The van der Waals surface area contributed by atoms with Crippen molar-refractivity contribution in [2.24, 2.45) is 0 Å². The highest BCUT2D eigenvalue weighted by Gasteiger charge is 2.21. The normalized spacial score (nSPS) is 16.9. The first-order chi connectivity index (χ1) is 6.92. The Balaban J connectivity index is 1.91. The molecule has 0 aromatic carbocycles. The van der Waals surface area contributed by atoms with Gasteiger partial charge in [0.05, 0.1) is 18.3 Å². The monoisotopic (exact) mass is 195 g/mol. The number of nitrogens with one attached hydrogen (secondary N) is 1. The summed E-state index contributed by atoms with van der Waals surface area (Å²) in [5.41, 5.74) is 1.23. The van der Waals surface area contributed by atoms with Gasteiger partial charge in [0, 0.05) is 19.3 Å². The zero-order valence-electron chi connectivity index (χ0n) is 8.32. The van der Waals surface area contributed by atoms with Crippen LogP contribution in [0.1, 0.15) is 31.0 Å². The summed E-state index contributed by atoms with van der Waals surface area (Å²) < 4.78 is 2.12. The van der Waals surface area contributed by atoms with E-state index in [1.807, 2.05) is 12.3 Å². The van der Waals surface area contributed by atoms with Crippen molar-refractivity contribution in [3.8, 4) is 0 Å². The number of nitrogens with zero attached hydrogens (tertiary/aromatic N) is 2. The lowest BCUT2D eigenvalue weighted by Gasteiger charge is -2.27. The lowest BCUT2D eigenvalue weighted by molar-refractivity contribution is 0.274. The van der Waals surface area contributed by atoms with Crippen LogP contribution in [0.3, 0.4) is 0 Å². The van der Waals surface area contributed by atoms with Gasteiger partial charge in [0.25, 0.3) is 0 Å². The van der Waals surface area contributed by atoms with Gasteiger partial charge in [-0.15, -0.1) is 0 Å². The minimum absolute atomic E-state index is 0.192. The molecule has 1 aromatic rings. The van der Waals surface area contributed by atoms with Crippen molar-refractivity contribution in [3.63, 3.8) is 0 Å². The van der Waals surface area contributed by atoms with E-state index in [-0.39, 0.29) is 6.61 Å². The zero-order chi connectivity index (χ0) is 9.80. The number of aromatic nitrogens is 2. The Morgan fingerprint density at radius 2 is 2.43 bits per heavy atom. The van der Waals surface area contributed by atoms with Gasteiger partial charge < -0.3 is 10.4 Å². The molecule has 0 radical (unpaired) electrons. The standard InChI is InChI=1S/C10H17N3O/c14-7-6-11-8-10-4-5-12-13(10)9-2-1-3-9/h4-5,9,11,14H,1-3,6-8H2. The van der Waals surface area contributed by atoms with Crippen LogP contribution >= 0.6 is 0 Å². The van der Waals surface area contributed by atoms with Crippen LogP contribution in [0, 0.1) is 0 Å². The summed E-state index contributed by atoms with van der Waals surface area (Å²) in [6.45, 7) is 1.64. The van der Waals surface area contributed by atoms with Gasteiger partial charge >= 0.3 is 0 Å².